The van der Waals surface area contributed by atoms with E-state index in [1.807, 2.05) is 0 Å². The maximum Gasteiger partial charge on any atom is 0.252 e. The fourth-order valence-corrected chi connectivity index (χ4v) is 2.38. The van der Waals surface area contributed by atoms with Crippen molar-refractivity contribution in [3.8, 4) is 0 Å². The van der Waals surface area contributed by atoms with Gasteiger partial charge in [-0.3, -0.25) is 9.59 Å². The summed E-state index contributed by atoms with van der Waals surface area (Å²) in [5.74, 6) is -0.416. The maximum absolute atomic E-state index is 12.0. The third kappa shape index (κ3) is 4.34. The highest BCUT2D eigenvalue weighted by molar-refractivity contribution is 6.36. The summed E-state index contributed by atoms with van der Waals surface area (Å²) in [5.41, 5.74) is 0.0590. The van der Waals surface area contributed by atoms with Crippen LogP contribution in [0.15, 0.2) is 47.4 Å². The number of aromatic nitrogens is 1. The number of aliphatic hydroxyl groups is 1. The van der Waals surface area contributed by atoms with Crippen LogP contribution in [0.3, 0.4) is 0 Å². The van der Waals surface area contributed by atoms with E-state index >= 15 is 0 Å². The van der Waals surface area contributed by atoms with E-state index < -0.39 is 12.0 Å². The first-order valence-corrected chi connectivity index (χ1v) is 7.30. The molecule has 1 heterocycles. The lowest BCUT2D eigenvalue weighted by Gasteiger charge is -2.14. The number of carbonyl (C=O) groups excluding carboxylic acids is 1. The molecule has 0 aliphatic heterocycles. The lowest BCUT2D eigenvalue weighted by molar-refractivity contribution is 0.0903. The van der Waals surface area contributed by atoms with E-state index in [2.05, 4.69) is 5.32 Å². The van der Waals surface area contributed by atoms with Crippen LogP contribution >= 0.6 is 23.2 Å². The highest BCUT2D eigenvalue weighted by Crippen LogP contribution is 2.20. The smallest absolute Gasteiger partial charge is 0.252 e. The SMILES string of the molecule is O=C(NCC(O)Cn1ccccc1=O)c1ccc(Cl)cc1Cl. The molecule has 0 aliphatic rings. The van der Waals surface area contributed by atoms with Crippen molar-refractivity contribution in [3.63, 3.8) is 0 Å². The van der Waals surface area contributed by atoms with Crippen molar-refractivity contribution in [1.82, 2.24) is 9.88 Å². The normalized spacial score (nSPS) is 12.0. The molecule has 116 valence electrons. The second-order valence-electron chi connectivity index (χ2n) is 4.68. The van der Waals surface area contributed by atoms with Crippen LogP contribution in [-0.2, 0) is 6.54 Å². The molecule has 2 N–H and O–H groups in total. The number of hydrogen-bond acceptors (Lipinski definition) is 3. The number of hydrogen-bond donors (Lipinski definition) is 2. The molecule has 0 bridgehead atoms. The van der Waals surface area contributed by atoms with Gasteiger partial charge in [-0.25, -0.2) is 0 Å². The zero-order valence-corrected chi connectivity index (χ0v) is 13.0. The van der Waals surface area contributed by atoms with Gasteiger partial charge in [0, 0.05) is 23.8 Å². The van der Waals surface area contributed by atoms with Crippen LogP contribution in [0.5, 0.6) is 0 Å². The molecular formula is C15H14Cl2N2O3. The third-order valence-electron chi connectivity index (χ3n) is 2.98. The monoisotopic (exact) mass is 340 g/mol. The van der Waals surface area contributed by atoms with Crippen LogP contribution < -0.4 is 10.9 Å². The second kappa shape index (κ2) is 7.45. The fourth-order valence-electron chi connectivity index (χ4n) is 1.88. The average molecular weight is 341 g/mol. The number of amides is 1. The molecular weight excluding hydrogens is 327 g/mol. The van der Waals surface area contributed by atoms with Crippen LogP contribution in [0.2, 0.25) is 10.0 Å². The van der Waals surface area contributed by atoms with Crippen LogP contribution in [0.25, 0.3) is 0 Å². The Labute approximate surface area is 137 Å². The Kier molecular flexibility index (Phi) is 5.60. The summed E-state index contributed by atoms with van der Waals surface area (Å²) < 4.78 is 1.37. The summed E-state index contributed by atoms with van der Waals surface area (Å²) in [4.78, 5) is 23.5. The maximum atomic E-state index is 12.0. The zero-order valence-electron chi connectivity index (χ0n) is 11.5. The molecule has 0 fully saturated rings. The third-order valence-corrected chi connectivity index (χ3v) is 3.53. The molecule has 0 saturated carbocycles. The molecule has 5 nitrogen and oxygen atoms in total. The highest BCUT2D eigenvalue weighted by Gasteiger charge is 2.13. The Balaban J connectivity index is 1.93. The predicted molar refractivity (Wildman–Crippen MR) is 85.5 cm³/mol. The number of benzene rings is 1. The summed E-state index contributed by atoms with van der Waals surface area (Å²) in [7, 11) is 0. The van der Waals surface area contributed by atoms with Crippen molar-refractivity contribution in [2.45, 2.75) is 12.6 Å². The van der Waals surface area contributed by atoms with Gasteiger partial charge in [0.25, 0.3) is 11.5 Å². The van der Waals surface area contributed by atoms with Gasteiger partial charge >= 0.3 is 0 Å². The van der Waals surface area contributed by atoms with Crippen LogP contribution in [-0.4, -0.2) is 28.2 Å². The van der Waals surface area contributed by atoms with Gasteiger partial charge < -0.3 is 15.0 Å². The van der Waals surface area contributed by atoms with E-state index in [9.17, 15) is 14.7 Å². The molecule has 22 heavy (non-hydrogen) atoms. The number of nitrogens with one attached hydrogen (secondary N) is 1. The van der Waals surface area contributed by atoms with E-state index in [1.54, 1.807) is 24.4 Å². The van der Waals surface area contributed by atoms with Gasteiger partial charge in [0.2, 0.25) is 0 Å². The summed E-state index contributed by atoms with van der Waals surface area (Å²) >= 11 is 11.7. The van der Waals surface area contributed by atoms with Crippen LogP contribution in [0.1, 0.15) is 10.4 Å². The number of halogens is 2. The molecule has 0 radical (unpaired) electrons. The van der Waals surface area contributed by atoms with Crippen molar-refractivity contribution >= 4 is 29.1 Å². The second-order valence-corrected chi connectivity index (χ2v) is 5.52. The van der Waals surface area contributed by atoms with E-state index in [4.69, 9.17) is 23.2 Å². The van der Waals surface area contributed by atoms with Gasteiger partial charge in [0.15, 0.2) is 0 Å². The first-order chi connectivity index (χ1) is 10.5. The summed E-state index contributed by atoms with van der Waals surface area (Å²) in [6, 6.07) is 9.25. The Morgan fingerprint density at radius 2 is 2.05 bits per heavy atom. The minimum absolute atomic E-state index is 0.000870. The Bertz CT molecular complexity index is 731. The molecule has 1 unspecified atom stereocenters. The molecule has 1 amide bonds. The molecule has 0 aliphatic carbocycles. The lowest BCUT2D eigenvalue weighted by Crippen LogP contribution is -2.36. The van der Waals surface area contributed by atoms with Gasteiger partial charge in [0.05, 0.1) is 23.2 Å². The first-order valence-electron chi connectivity index (χ1n) is 6.54. The number of pyridine rings is 1. The molecule has 7 heteroatoms. The summed E-state index contributed by atoms with van der Waals surface area (Å²) in [6.07, 6.45) is 0.679. The van der Waals surface area contributed by atoms with Crippen LogP contribution in [0, 0.1) is 0 Å². The van der Waals surface area contributed by atoms with Crippen molar-refractivity contribution in [1.29, 1.82) is 0 Å². The number of aliphatic hydroxyl groups excluding tert-OH is 1. The highest BCUT2D eigenvalue weighted by atomic mass is 35.5. The quantitative estimate of drug-likeness (QED) is 0.873. The minimum atomic E-state index is -0.893. The van der Waals surface area contributed by atoms with Crippen molar-refractivity contribution < 1.29 is 9.90 Å². The van der Waals surface area contributed by atoms with Gasteiger partial charge in [-0.15, -0.1) is 0 Å². The van der Waals surface area contributed by atoms with E-state index in [1.165, 1.54) is 22.8 Å². The largest absolute Gasteiger partial charge is 0.389 e. The average Bonchev–Trinajstić information content (AvgIpc) is 2.47. The van der Waals surface area contributed by atoms with Crippen LogP contribution in [0.4, 0.5) is 0 Å². The van der Waals surface area contributed by atoms with Gasteiger partial charge in [0.1, 0.15) is 0 Å². The van der Waals surface area contributed by atoms with Gasteiger partial charge in [-0.1, -0.05) is 29.3 Å². The minimum Gasteiger partial charge on any atom is -0.389 e. The first kappa shape index (κ1) is 16.5. The van der Waals surface area contributed by atoms with Crippen molar-refractivity contribution in [3.05, 3.63) is 68.6 Å². The molecule has 1 aromatic heterocycles. The molecule has 0 spiro atoms. The standard InChI is InChI=1S/C15H14Cl2N2O3/c16-10-4-5-12(13(17)7-10)15(22)18-8-11(20)9-19-6-2-1-3-14(19)21/h1-7,11,20H,8-9H2,(H,18,22). The summed E-state index contributed by atoms with van der Waals surface area (Å²) in [6.45, 7) is 0.0907. The fraction of sp³-hybridized carbons (Fsp3) is 0.200. The number of rotatable bonds is 5. The Morgan fingerprint density at radius 1 is 1.27 bits per heavy atom. The van der Waals surface area contributed by atoms with E-state index in [0.717, 1.165) is 0 Å². The Hall–Kier alpha value is -1.82. The van der Waals surface area contributed by atoms with Crippen molar-refractivity contribution in [2.24, 2.45) is 0 Å². The molecule has 1 aromatic carbocycles. The Morgan fingerprint density at radius 3 is 2.73 bits per heavy atom. The summed E-state index contributed by atoms with van der Waals surface area (Å²) in [5, 5.41) is 13.1. The van der Waals surface area contributed by atoms with Crippen molar-refractivity contribution in [2.75, 3.05) is 6.54 Å². The number of carbonyl (C=O) groups is 1. The van der Waals surface area contributed by atoms with E-state index in [0.29, 0.717) is 5.02 Å². The van der Waals surface area contributed by atoms with Gasteiger partial charge in [-0.2, -0.15) is 0 Å². The lowest BCUT2D eigenvalue weighted by atomic mass is 10.2. The molecule has 2 rings (SSSR count). The van der Waals surface area contributed by atoms with Gasteiger partial charge in [-0.05, 0) is 24.3 Å². The number of nitrogens with zero attached hydrogens (tertiary/aromatic N) is 1. The molecule has 0 saturated heterocycles. The molecule has 1 atom stereocenters. The predicted octanol–water partition coefficient (Wildman–Crippen LogP) is 1.95. The van der Waals surface area contributed by atoms with E-state index in [-0.39, 0.29) is 29.2 Å². The topological polar surface area (TPSA) is 71.3 Å². The molecule has 2 aromatic rings. The zero-order chi connectivity index (χ0) is 16.1.